The average Bonchev–Trinajstić information content (AvgIpc) is 2.64. The van der Waals surface area contributed by atoms with Crippen LogP contribution in [0.3, 0.4) is 0 Å². The fraction of sp³-hybridized carbons (Fsp3) is 0.333. The summed E-state index contributed by atoms with van der Waals surface area (Å²) >= 11 is 0. The third-order valence-electron chi connectivity index (χ3n) is 4.99. The molecule has 7 nitrogen and oxygen atoms in total. The lowest BCUT2D eigenvalue weighted by Gasteiger charge is -2.33. The highest BCUT2D eigenvalue weighted by Gasteiger charge is 2.39. The van der Waals surface area contributed by atoms with Crippen molar-refractivity contribution in [2.24, 2.45) is 14.1 Å². The maximum Gasteiger partial charge on any atom is 0.332 e. The predicted octanol–water partition coefficient (Wildman–Crippen LogP) is 1.04. The number of nitrogens with zero attached hydrogens (tertiary/aromatic N) is 3. The first-order valence-electron chi connectivity index (χ1n) is 8.24. The summed E-state index contributed by atoms with van der Waals surface area (Å²) in [4.78, 5) is 42.3. The van der Waals surface area contributed by atoms with Gasteiger partial charge in [-0.15, -0.1) is 0 Å². The monoisotopic (exact) mass is 338 g/mol. The van der Waals surface area contributed by atoms with Crippen molar-refractivity contribution >= 4 is 11.6 Å². The van der Waals surface area contributed by atoms with Crippen LogP contribution in [0.15, 0.2) is 45.3 Å². The molecule has 0 saturated heterocycles. The standard InChI is InChI=1S/C18H18N4O3/c1-21-16-15(17(24)22(2)18(21)25)14(10-6-3-4-9-19-10)13-11(20-16)7-5-8-12(13)23/h3-4,6,9,14,20H,5,7-8H2,1-2H3. The molecule has 0 aromatic carbocycles. The van der Waals surface area contributed by atoms with Gasteiger partial charge in [-0.2, -0.15) is 0 Å². The van der Waals surface area contributed by atoms with Crippen molar-refractivity contribution < 1.29 is 4.79 Å². The van der Waals surface area contributed by atoms with Crippen molar-refractivity contribution in [3.8, 4) is 0 Å². The van der Waals surface area contributed by atoms with Gasteiger partial charge in [-0.25, -0.2) is 4.79 Å². The lowest BCUT2D eigenvalue weighted by molar-refractivity contribution is -0.116. The van der Waals surface area contributed by atoms with Crippen molar-refractivity contribution in [3.63, 3.8) is 0 Å². The van der Waals surface area contributed by atoms with Gasteiger partial charge in [0.1, 0.15) is 5.82 Å². The van der Waals surface area contributed by atoms with Crippen molar-refractivity contribution in [1.29, 1.82) is 0 Å². The Kier molecular flexibility index (Phi) is 3.45. The molecule has 1 atom stereocenters. The summed E-state index contributed by atoms with van der Waals surface area (Å²) in [5.41, 5.74) is 1.64. The molecule has 0 saturated carbocycles. The Morgan fingerprint density at radius 1 is 1.12 bits per heavy atom. The van der Waals surface area contributed by atoms with Gasteiger partial charge in [-0.05, 0) is 25.0 Å². The van der Waals surface area contributed by atoms with E-state index >= 15 is 0 Å². The van der Waals surface area contributed by atoms with Crippen molar-refractivity contribution in [2.75, 3.05) is 5.32 Å². The molecule has 0 fully saturated rings. The van der Waals surface area contributed by atoms with Gasteiger partial charge < -0.3 is 5.32 Å². The number of allylic oxidation sites excluding steroid dienone is 2. The SMILES string of the molecule is Cn1c2c(c(=O)n(C)c1=O)C(c1ccccn1)C1=C(CCCC1=O)N2. The van der Waals surface area contributed by atoms with E-state index in [4.69, 9.17) is 0 Å². The molecule has 4 rings (SSSR count). The Balaban J connectivity index is 2.10. The number of ketones is 1. The number of nitrogens with one attached hydrogen (secondary N) is 1. The zero-order valence-corrected chi connectivity index (χ0v) is 14.1. The molecular weight excluding hydrogens is 320 g/mol. The maximum absolute atomic E-state index is 12.9. The van der Waals surface area contributed by atoms with Gasteiger partial charge in [-0.1, -0.05) is 6.07 Å². The molecule has 1 N–H and O–H groups in total. The van der Waals surface area contributed by atoms with Crippen LogP contribution in [0.5, 0.6) is 0 Å². The molecule has 1 aliphatic carbocycles. The van der Waals surface area contributed by atoms with E-state index in [0.29, 0.717) is 35.5 Å². The minimum absolute atomic E-state index is 0.0333. The molecule has 128 valence electrons. The van der Waals surface area contributed by atoms with Crippen LogP contribution in [0.1, 0.15) is 36.4 Å². The first-order valence-corrected chi connectivity index (χ1v) is 8.24. The van der Waals surface area contributed by atoms with Crippen LogP contribution in [0.4, 0.5) is 5.82 Å². The Morgan fingerprint density at radius 2 is 1.92 bits per heavy atom. The first-order chi connectivity index (χ1) is 12.0. The molecule has 0 radical (unpaired) electrons. The van der Waals surface area contributed by atoms with Crippen molar-refractivity contribution in [2.45, 2.75) is 25.2 Å². The van der Waals surface area contributed by atoms with E-state index in [2.05, 4.69) is 10.3 Å². The summed E-state index contributed by atoms with van der Waals surface area (Å²) in [6.07, 6.45) is 3.59. The Labute approximate surface area is 143 Å². The third-order valence-corrected chi connectivity index (χ3v) is 4.99. The molecule has 7 heteroatoms. The van der Waals surface area contributed by atoms with Gasteiger partial charge in [0.25, 0.3) is 5.56 Å². The van der Waals surface area contributed by atoms with Crippen LogP contribution in [0, 0.1) is 0 Å². The smallest absolute Gasteiger partial charge is 0.332 e. The number of hydrogen-bond donors (Lipinski definition) is 1. The summed E-state index contributed by atoms with van der Waals surface area (Å²) in [5.74, 6) is -0.0612. The summed E-state index contributed by atoms with van der Waals surface area (Å²) in [6.45, 7) is 0. The zero-order valence-electron chi connectivity index (χ0n) is 14.1. The number of carbonyl (C=O) groups is 1. The Hall–Kier alpha value is -2.96. The zero-order chi connectivity index (χ0) is 17.7. The quantitative estimate of drug-likeness (QED) is 0.840. The number of hydrogen-bond acceptors (Lipinski definition) is 5. The molecule has 1 unspecified atom stereocenters. The lowest BCUT2D eigenvalue weighted by Crippen LogP contribution is -2.44. The van der Waals surface area contributed by atoms with Crippen molar-refractivity contribution in [1.82, 2.24) is 14.1 Å². The molecule has 0 amide bonds. The molecule has 2 aromatic heterocycles. The molecule has 3 heterocycles. The van der Waals surface area contributed by atoms with Crippen LogP contribution in [0.25, 0.3) is 0 Å². The van der Waals surface area contributed by atoms with E-state index in [0.717, 1.165) is 16.7 Å². The second kappa shape index (κ2) is 5.54. The van der Waals surface area contributed by atoms with Gasteiger partial charge in [0.2, 0.25) is 0 Å². The largest absolute Gasteiger partial charge is 0.344 e. The van der Waals surface area contributed by atoms with E-state index in [9.17, 15) is 14.4 Å². The molecular formula is C18H18N4O3. The highest BCUT2D eigenvalue weighted by Crippen LogP contribution is 2.42. The minimum atomic E-state index is -0.550. The Bertz CT molecular complexity index is 1030. The normalized spacial score (nSPS) is 19.3. The second-order valence-corrected chi connectivity index (χ2v) is 6.45. The number of pyridine rings is 1. The molecule has 0 bridgehead atoms. The molecule has 25 heavy (non-hydrogen) atoms. The first kappa shape index (κ1) is 15.6. The van der Waals surface area contributed by atoms with Crippen LogP contribution in [-0.4, -0.2) is 19.9 Å². The highest BCUT2D eigenvalue weighted by molar-refractivity contribution is 6.00. The number of aromatic nitrogens is 3. The number of fused-ring (bicyclic) bond motifs is 1. The van der Waals surface area contributed by atoms with E-state index in [1.165, 1.54) is 11.6 Å². The van der Waals surface area contributed by atoms with Crippen LogP contribution < -0.4 is 16.6 Å². The van der Waals surface area contributed by atoms with Gasteiger partial charge in [0.05, 0.1) is 17.2 Å². The van der Waals surface area contributed by atoms with Crippen LogP contribution in [-0.2, 0) is 18.9 Å². The van der Waals surface area contributed by atoms with E-state index in [1.807, 2.05) is 12.1 Å². The Morgan fingerprint density at radius 3 is 2.64 bits per heavy atom. The topological polar surface area (TPSA) is 86.0 Å². The molecule has 2 aromatic rings. The van der Waals surface area contributed by atoms with E-state index < -0.39 is 17.2 Å². The number of Topliss-reactive ketones (excluding diaryl/α,β-unsaturated/α-hetero) is 1. The second-order valence-electron chi connectivity index (χ2n) is 6.45. The van der Waals surface area contributed by atoms with E-state index in [-0.39, 0.29) is 5.78 Å². The fourth-order valence-corrected chi connectivity index (χ4v) is 3.74. The van der Waals surface area contributed by atoms with E-state index in [1.54, 1.807) is 19.3 Å². The average molecular weight is 338 g/mol. The summed E-state index contributed by atoms with van der Waals surface area (Å²) < 4.78 is 2.50. The summed E-state index contributed by atoms with van der Waals surface area (Å²) in [6, 6.07) is 5.45. The lowest BCUT2D eigenvalue weighted by atomic mass is 9.78. The number of rotatable bonds is 1. The van der Waals surface area contributed by atoms with Crippen molar-refractivity contribution in [3.05, 3.63) is 67.8 Å². The van der Waals surface area contributed by atoms with Crippen LogP contribution >= 0.6 is 0 Å². The summed E-state index contributed by atoms with van der Waals surface area (Å²) in [5, 5.41) is 3.19. The van der Waals surface area contributed by atoms with Gasteiger partial charge in [-0.3, -0.25) is 23.7 Å². The van der Waals surface area contributed by atoms with Gasteiger partial charge in [0.15, 0.2) is 5.78 Å². The van der Waals surface area contributed by atoms with Gasteiger partial charge in [0, 0.05) is 38.0 Å². The van der Waals surface area contributed by atoms with Gasteiger partial charge >= 0.3 is 5.69 Å². The molecule has 1 aliphatic heterocycles. The maximum atomic E-state index is 12.9. The van der Waals surface area contributed by atoms with Crippen LogP contribution in [0.2, 0.25) is 0 Å². The third kappa shape index (κ3) is 2.19. The number of anilines is 1. The molecule has 0 spiro atoms. The molecule has 2 aliphatic rings. The minimum Gasteiger partial charge on any atom is -0.344 e. The highest BCUT2D eigenvalue weighted by atomic mass is 16.2. The predicted molar refractivity (Wildman–Crippen MR) is 92.5 cm³/mol. The summed E-state index contributed by atoms with van der Waals surface area (Å²) in [7, 11) is 3.08. The number of carbonyl (C=O) groups excluding carboxylic acids is 1. The fourth-order valence-electron chi connectivity index (χ4n) is 3.74.